The molecule has 94 valence electrons. The van der Waals surface area contributed by atoms with Crippen LogP contribution in [0.3, 0.4) is 0 Å². The van der Waals surface area contributed by atoms with Crippen molar-refractivity contribution < 1.29 is 4.74 Å². The zero-order valence-electron chi connectivity index (χ0n) is 10.7. The van der Waals surface area contributed by atoms with E-state index in [2.05, 4.69) is 25.1 Å². The smallest absolute Gasteiger partial charge is 0.122 e. The third kappa shape index (κ3) is 4.04. The van der Waals surface area contributed by atoms with Crippen LogP contribution >= 0.6 is 0 Å². The molecule has 2 nitrogen and oxygen atoms in total. The van der Waals surface area contributed by atoms with Crippen LogP contribution in [0.2, 0.25) is 0 Å². The predicted molar refractivity (Wildman–Crippen MR) is 71.2 cm³/mol. The van der Waals surface area contributed by atoms with Gasteiger partial charge in [0.25, 0.3) is 0 Å². The van der Waals surface area contributed by atoms with E-state index in [4.69, 9.17) is 10.5 Å². The maximum absolute atomic E-state index is 6.01. The van der Waals surface area contributed by atoms with Gasteiger partial charge in [0, 0.05) is 6.04 Å². The fraction of sp³-hybridized carbons (Fsp3) is 0.600. The monoisotopic (exact) mass is 233 g/mol. The van der Waals surface area contributed by atoms with Gasteiger partial charge in [0.15, 0.2) is 0 Å². The van der Waals surface area contributed by atoms with Gasteiger partial charge in [-0.3, -0.25) is 0 Å². The van der Waals surface area contributed by atoms with Crippen molar-refractivity contribution in [3.05, 3.63) is 29.8 Å². The lowest BCUT2D eigenvalue weighted by Gasteiger charge is -2.14. The molecule has 0 saturated heterocycles. The first-order valence-electron chi connectivity index (χ1n) is 6.76. The molecule has 1 aromatic rings. The standard InChI is InChI=1S/C15H23NO/c1-2-14(16)11-13-5-3-4-6-15(13)17-10-9-12-7-8-12/h3-6,12,14H,2,7-11,16H2,1H3. The van der Waals surface area contributed by atoms with Crippen molar-refractivity contribution >= 4 is 0 Å². The van der Waals surface area contributed by atoms with Gasteiger partial charge in [-0.15, -0.1) is 0 Å². The van der Waals surface area contributed by atoms with Crippen molar-refractivity contribution in [3.63, 3.8) is 0 Å². The lowest BCUT2D eigenvalue weighted by Crippen LogP contribution is -2.21. The van der Waals surface area contributed by atoms with Crippen molar-refractivity contribution in [3.8, 4) is 5.75 Å². The van der Waals surface area contributed by atoms with Crippen LogP contribution in [-0.4, -0.2) is 12.6 Å². The normalized spacial score (nSPS) is 16.8. The van der Waals surface area contributed by atoms with E-state index in [1.807, 2.05) is 6.07 Å². The quantitative estimate of drug-likeness (QED) is 0.785. The minimum absolute atomic E-state index is 0.239. The number of ether oxygens (including phenoxy) is 1. The van der Waals surface area contributed by atoms with Crippen LogP contribution in [0.15, 0.2) is 24.3 Å². The minimum Gasteiger partial charge on any atom is -0.493 e. The lowest BCUT2D eigenvalue weighted by atomic mass is 10.0. The lowest BCUT2D eigenvalue weighted by molar-refractivity contribution is 0.299. The number of hydrogen-bond acceptors (Lipinski definition) is 2. The van der Waals surface area contributed by atoms with E-state index in [1.165, 1.54) is 24.8 Å². The first-order valence-corrected chi connectivity index (χ1v) is 6.76. The van der Waals surface area contributed by atoms with Crippen molar-refractivity contribution in [2.45, 2.75) is 45.1 Å². The molecule has 1 aliphatic rings. The van der Waals surface area contributed by atoms with Crippen LogP contribution in [0.1, 0.15) is 38.2 Å². The largest absolute Gasteiger partial charge is 0.493 e. The molecule has 17 heavy (non-hydrogen) atoms. The summed E-state index contributed by atoms with van der Waals surface area (Å²) in [5.41, 5.74) is 7.25. The molecular formula is C15H23NO. The van der Waals surface area contributed by atoms with Crippen molar-refractivity contribution in [2.24, 2.45) is 11.7 Å². The van der Waals surface area contributed by atoms with Crippen LogP contribution in [0.4, 0.5) is 0 Å². The summed E-state index contributed by atoms with van der Waals surface area (Å²) in [5.74, 6) is 1.96. The average Bonchev–Trinajstić information content (AvgIpc) is 3.15. The molecule has 0 spiro atoms. The number of nitrogens with two attached hydrogens (primary N) is 1. The Balaban J connectivity index is 1.89. The molecule has 0 amide bonds. The molecule has 1 aliphatic carbocycles. The Labute approximate surface area is 104 Å². The van der Waals surface area contributed by atoms with Gasteiger partial charge in [-0.1, -0.05) is 38.0 Å². The number of para-hydroxylation sites is 1. The molecule has 2 rings (SSSR count). The maximum atomic E-state index is 6.01. The number of rotatable bonds is 7. The minimum atomic E-state index is 0.239. The average molecular weight is 233 g/mol. The predicted octanol–water partition coefficient (Wildman–Crippen LogP) is 3.15. The molecule has 1 aromatic carbocycles. The Hall–Kier alpha value is -1.02. The van der Waals surface area contributed by atoms with E-state index >= 15 is 0 Å². The van der Waals surface area contributed by atoms with Crippen molar-refractivity contribution in [2.75, 3.05) is 6.61 Å². The summed E-state index contributed by atoms with van der Waals surface area (Å²) in [6, 6.07) is 8.52. The van der Waals surface area contributed by atoms with Crippen LogP contribution < -0.4 is 10.5 Å². The van der Waals surface area contributed by atoms with Gasteiger partial charge in [0.1, 0.15) is 5.75 Å². The molecule has 0 radical (unpaired) electrons. The fourth-order valence-corrected chi connectivity index (χ4v) is 1.98. The Morgan fingerprint density at radius 2 is 2.12 bits per heavy atom. The second-order valence-corrected chi connectivity index (χ2v) is 5.06. The maximum Gasteiger partial charge on any atom is 0.122 e. The molecule has 2 heteroatoms. The van der Waals surface area contributed by atoms with Crippen LogP contribution in [0, 0.1) is 5.92 Å². The second-order valence-electron chi connectivity index (χ2n) is 5.06. The summed E-state index contributed by atoms with van der Waals surface area (Å²) in [5, 5.41) is 0. The molecule has 1 fully saturated rings. The molecule has 0 bridgehead atoms. The molecule has 2 N–H and O–H groups in total. The van der Waals surface area contributed by atoms with Gasteiger partial charge in [-0.2, -0.15) is 0 Å². The fourth-order valence-electron chi connectivity index (χ4n) is 1.98. The molecule has 1 saturated carbocycles. The third-order valence-electron chi connectivity index (χ3n) is 3.46. The van der Waals surface area contributed by atoms with Crippen LogP contribution in [-0.2, 0) is 6.42 Å². The number of hydrogen-bond donors (Lipinski definition) is 1. The molecule has 0 aromatic heterocycles. The number of benzene rings is 1. The summed E-state index contributed by atoms with van der Waals surface area (Å²) in [4.78, 5) is 0. The summed E-state index contributed by atoms with van der Waals surface area (Å²) >= 11 is 0. The van der Waals surface area contributed by atoms with E-state index in [0.29, 0.717) is 0 Å². The highest BCUT2D eigenvalue weighted by molar-refractivity contribution is 5.33. The SMILES string of the molecule is CCC(N)Cc1ccccc1OCCC1CC1. The molecule has 0 aliphatic heterocycles. The highest BCUT2D eigenvalue weighted by Crippen LogP contribution is 2.32. The zero-order valence-corrected chi connectivity index (χ0v) is 10.7. The Bertz CT molecular complexity index is 347. The summed E-state index contributed by atoms with van der Waals surface area (Å²) in [6.45, 7) is 2.98. The summed E-state index contributed by atoms with van der Waals surface area (Å²) in [6.07, 6.45) is 5.91. The van der Waals surface area contributed by atoms with Gasteiger partial charge in [-0.25, -0.2) is 0 Å². The Morgan fingerprint density at radius 1 is 1.35 bits per heavy atom. The van der Waals surface area contributed by atoms with Crippen LogP contribution in [0.5, 0.6) is 5.75 Å². The highest BCUT2D eigenvalue weighted by Gasteiger charge is 2.20. The molecule has 0 heterocycles. The van der Waals surface area contributed by atoms with Crippen molar-refractivity contribution in [1.29, 1.82) is 0 Å². The van der Waals surface area contributed by atoms with E-state index in [9.17, 15) is 0 Å². The Morgan fingerprint density at radius 3 is 2.82 bits per heavy atom. The Kier molecular flexibility index (Phi) is 4.43. The van der Waals surface area contributed by atoms with E-state index < -0.39 is 0 Å². The van der Waals surface area contributed by atoms with Gasteiger partial charge in [-0.05, 0) is 36.8 Å². The van der Waals surface area contributed by atoms with Gasteiger partial charge >= 0.3 is 0 Å². The first-order chi connectivity index (χ1) is 8.29. The van der Waals surface area contributed by atoms with Crippen LogP contribution in [0.25, 0.3) is 0 Å². The van der Waals surface area contributed by atoms with Crippen molar-refractivity contribution in [1.82, 2.24) is 0 Å². The summed E-state index contributed by atoms with van der Waals surface area (Å²) in [7, 11) is 0. The van der Waals surface area contributed by atoms with E-state index in [1.54, 1.807) is 0 Å². The summed E-state index contributed by atoms with van der Waals surface area (Å²) < 4.78 is 5.88. The van der Waals surface area contributed by atoms with Gasteiger partial charge in [0.05, 0.1) is 6.61 Å². The van der Waals surface area contributed by atoms with Gasteiger partial charge < -0.3 is 10.5 Å². The zero-order chi connectivity index (χ0) is 12.1. The van der Waals surface area contributed by atoms with Gasteiger partial charge in [0.2, 0.25) is 0 Å². The molecular weight excluding hydrogens is 210 g/mol. The second kappa shape index (κ2) is 6.06. The first kappa shape index (κ1) is 12.4. The third-order valence-corrected chi connectivity index (χ3v) is 3.46. The molecule has 1 unspecified atom stereocenters. The topological polar surface area (TPSA) is 35.2 Å². The highest BCUT2D eigenvalue weighted by atomic mass is 16.5. The van der Waals surface area contributed by atoms with E-state index in [-0.39, 0.29) is 6.04 Å². The van der Waals surface area contributed by atoms with E-state index in [0.717, 1.165) is 31.1 Å². The molecule has 1 atom stereocenters.